The average Bonchev–Trinajstić information content (AvgIpc) is 2.53. The first-order valence-corrected chi connectivity index (χ1v) is 5.86. The number of thiazole rings is 1. The van der Waals surface area contributed by atoms with Crippen LogP contribution < -0.4 is 0 Å². The summed E-state index contributed by atoms with van der Waals surface area (Å²) >= 11 is 1.62. The summed E-state index contributed by atoms with van der Waals surface area (Å²) in [4.78, 5) is 6.46. The summed E-state index contributed by atoms with van der Waals surface area (Å²) in [6, 6.07) is 0. The van der Waals surface area contributed by atoms with E-state index in [0.29, 0.717) is 5.92 Å². The Balaban J connectivity index is 1.84. The van der Waals surface area contributed by atoms with Crippen LogP contribution in [0.2, 0.25) is 0 Å². The molecule has 1 aliphatic heterocycles. The van der Waals surface area contributed by atoms with E-state index in [1.165, 1.54) is 0 Å². The normalized spacial score (nSPS) is 21.1. The molecule has 0 amide bonds. The highest BCUT2D eigenvalue weighted by Crippen LogP contribution is 2.29. The molecule has 3 nitrogen and oxygen atoms in total. The number of hydrogen-bond donors (Lipinski definition) is 1. The van der Waals surface area contributed by atoms with E-state index in [2.05, 4.69) is 29.1 Å². The fourth-order valence-electron chi connectivity index (χ4n) is 1.75. The summed E-state index contributed by atoms with van der Waals surface area (Å²) in [6.07, 6.45) is 0. The lowest BCUT2D eigenvalue weighted by atomic mass is 9.83. The molecule has 1 saturated heterocycles. The lowest BCUT2D eigenvalue weighted by Gasteiger charge is -2.48. The molecule has 0 aliphatic carbocycles. The third kappa shape index (κ3) is 1.82. The minimum atomic E-state index is -0.462. The van der Waals surface area contributed by atoms with Crippen molar-refractivity contribution in [3.8, 4) is 0 Å². The van der Waals surface area contributed by atoms with Gasteiger partial charge in [-0.2, -0.15) is 0 Å². The topological polar surface area (TPSA) is 36.4 Å². The smallest absolute Gasteiger partial charge is 0.0923 e. The number of β-amino-alcohol motifs (C(OH)–C–C–N with tert-alkyl or cyclic N) is 1. The van der Waals surface area contributed by atoms with E-state index in [9.17, 15) is 5.11 Å². The van der Waals surface area contributed by atoms with Crippen LogP contribution in [0.1, 0.15) is 19.5 Å². The first-order valence-electron chi connectivity index (χ1n) is 4.92. The van der Waals surface area contributed by atoms with Crippen molar-refractivity contribution in [2.75, 3.05) is 13.1 Å². The molecule has 1 aromatic heterocycles. The van der Waals surface area contributed by atoms with E-state index in [4.69, 9.17) is 0 Å². The summed E-state index contributed by atoms with van der Waals surface area (Å²) in [5.74, 6) is 0.342. The minimum Gasteiger partial charge on any atom is -0.387 e. The van der Waals surface area contributed by atoms with Gasteiger partial charge in [0, 0.05) is 25.0 Å². The number of aliphatic hydroxyl groups is 1. The molecule has 0 aromatic carbocycles. The van der Waals surface area contributed by atoms with Crippen LogP contribution in [0, 0.1) is 5.92 Å². The largest absolute Gasteiger partial charge is 0.387 e. The summed E-state index contributed by atoms with van der Waals surface area (Å²) in [5, 5.41) is 12.1. The Kier molecular flexibility index (Phi) is 2.60. The van der Waals surface area contributed by atoms with Crippen molar-refractivity contribution in [1.29, 1.82) is 0 Å². The Morgan fingerprint density at radius 3 is 2.86 bits per heavy atom. The zero-order valence-electron chi connectivity index (χ0n) is 8.60. The summed E-state index contributed by atoms with van der Waals surface area (Å²) in [7, 11) is 0. The van der Waals surface area contributed by atoms with Gasteiger partial charge in [0.15, 0.2) is 0 Å². The van der Waals surface area contributed by atoms with Crippen LogP contribution >= 0.6 is 11.3 Å². The third-order valence-corrected chi connectivity index (χ3v) is 3.57. The molecule has 2 rings (SSSR count). The van der Waals surface area contributed by atoms with Crippen LogP contribution in [0.3, 0.4) is 0 Å². The Bertz CT molecular complexity index is 291. The van der Waals surface area contributed by atoms with Gasteiger partial charge in [0.05, 0.1) is 16.8 Å². The molecule has 0 atom stereocenters. The Morgan fingerprint density at radius 2 is 2.36 bits per heavy atom. The van der Waals surface area contributed by atoms with Gasteiger partial charge in [-0.3, -0.25) is 4.90 Å². The predicted octanol–water partition coefficient (Wildman–Crippen LogP) is 1.35. The van der Waals surface area contributed by atoms with E-state index >= 15 is 0 Å². The van der Waals surface area contributed by atoms with Gasteiger partial charge in [-0.1, -0.05) is 13.8 Å². The molecular formula is C10H16N2OS. The molecule has 0 unspecified atom stereocenters. The highest BCUT2D eigenvalue weighted by Gasteiger charge is 2.43. The number of nitrogens with zero attached hydrogens (tertiary/aromatic N) is 2. The minimum absolute atomic E-state index is 0.342. The van der Waals surface area contributed by atoms with Crippen molar-refractivity contribution >= 4 is 11.3 Å². The van der Waals surface area contributed by atoms with Crippen LogP contribution in [0.5, 0.6) is 0 Å². The average molecular weight is 212 g/mol. The zero-order valence-corrected chi connectivity index (χ0v) is 9.42. The SMILES string of the molecule is CC(C)C1(O)CN(Cc2cscn2)C1. The summed E-state index contributed by atoms with van der Waals surface area (Å²) < 4.78 is 0. The second kappa shape index (κ2) is 3.61. The molecule has 0 bridgehead atoms. The van der Waals surface area contributed by atoms with Gasteiger partial charge < -0.3 is 5.11 Å². The molecule has 0 saturated carbocycles. The van der Waals surface area contributed by atoms with Crippen molar-refractivity contribution in [1.82, 2.24) is 9.88 Å². The Labute approximate surface area is 88.4 Å². The van der Waals surface area contributed by atoms with Gasteiger partial charge >= 0.3 is 0 Å². The van der Waals surface area contributed by atoms with Crippen molar-refractivity contribution in [2.45, 2.75) is 26.0 Å². The maximum atomic E-state index is 10.0. The van der Waals surface area contributed by atoms with Crippen molar-refractivity contribution in [2.24, 2.45) is 5.92 Å². The van der Waals surface area contributed by atoms with E-state index in [0.717, 1.165) is 25.3 Å². The van der Waals surface area contributed by atoms with E-state index in [1.807, 2.05) is 5.51 Å². The zero-order chi connectivity index (χ0) is 10.2. The van der Waals surface area contributed by atoms with Gasteiger partial charge in [0.1, 0.15) is 0 Å². The van der Waals surface area contributed by atoms with E-state index in [1.54, 1.807) is 11.3 Å². The molecule has 1 fully saturated rings. The standard InChI is InChI=1S/C10H16N2OS/c1-8(2)10(13)5-12(6-10)3-9-4-14-7-11-9/h4,7-8,13H,3,5-6H2,1-2H3. The fourth-order valence-corrected chi connectivity index (χ4v) is 2.30. The van der Waals surface area contributed by atoms with Crippen LogP contribution in [0.4, 0.5) is 0 Å². The molecule has 0 spiro atoms. The van der Waals surface area contributed by atoms with Crippen molar-refractivity contribution in [3.05, 3.63) is 16.6 Å². The quantitative estimate of drug-likeness (QED) is 0.821. The number of aromatic nitrogens is 1. The summed E-state index contributed by atoms with van der Waals surface area (Å²) in [6.45, 7) is 6.57. The Hall–Kier alpha value is -0.450. The third-order valence-electron chi connectivity index (χ3n) is 2.94. The van der Waals surface area contributed by atoms with Crippen LogP contribution in [0.25, 0.3) is 0 Å². The monoisotopic (exact) mass is 212 g/mol. The number of rotatable bonds is 3. The first-order chi connectivity index (χ1) is 6.60. The molecule has 1 aromatic rings. The highest BCUT2D eigenvalue weighted by atomic mass is 32.1. The maximum absolute atomic E-state index is 10.0. The van der Waals surface area contributed by atoms with E-state index < -0.39 is 5.60 Å². The second-order valence-corrected chi connectivity index (χ2v) is 5.10. The molecule has 2 heterocycles. The predicted molar refractivity (Wildman–Crippen MR) is 57.2 cm³/mol. The second-order valence-electron chi connectivity index (χ2n) is 4.38. The maximum Gasteiger partial charge on any atom is 0.0923 e. The lowest BCUT2D eigenvalue weighted by Crippen LogP contribution is -2.63. The van der Waals surface area contributed by atoms with Gasteiger partial charge in [-0.15, -0.1) is 11.3 Å². The highest BCUT2D eigenvalue weighted by molar-refractivity contribution is 7.07. The van der Waals surface area contributed by atoms with E-state index in [-0.39, 0.29) is 0 Å². The molecule has 1 N–H and O–H groups in total. The van der Waals surface area contributed by atoms with Crippen LogP contribution in [-0.2, 0) is 6.54 Å². The van der Waals surface area contributed by atoms with Crippen molar-refractivity contribution in [3.63, 3.8) is 0 Å². The summed E-state index contributed by atoms with van der Waals surface area (Å²) in [5.41, 5.74) is 2.50. The molecular weight excluding hydrogens is 196 g/mol. The van der Waals surface area contributed by atoms with Crippen LogP contribution in [0.15, 0.2) is 10.9 Å². The van der Waals surface area contributed by atoms with Crippen molar-refractivity contribution < 1.29 is 5.11 Å². The molecule has 1 aliphatic rings. The first kappa shape index (κ1) is 10.1. The van der Waals surface area contributed by atoms with Gasteiger partial charge in [0.25, 0.3) is 0 Å². The van der Waals surface area contributed by atoms with Gasteiger partial charge in [-0.05, 0) is 5.92 Å². The van der Waals surface area contributed by atoms with Crippen LogP contribution in [-0.4, -0.2) is 33.7 Å². The fraction of sp³-hybridized carbons (Fsp3) is 0.700. The lowest BCUT2D eigenvalue weighted by molar-refractivity contribution is -0.131. The molecule has 78 valence electrons. The number of hydrogen-bond acceptors (Lipinski definition) is 4. The van der Waals surface area contributed by atoms with Gasteiger partial charge in [-0.25, -0.2) is 4.98 Å². The number of likely N-dealkylation sites (tertiary alicyclic amines) is 1. The van der Waals surface area contributed by atoms with Gasteiger partial charge in [0.2, 0.25) is 0 Å². The molecule has 0 radical (unpaired) electrons. The molecule has 14 heavy (non-hydrogen) atoms. The Morgan fingerprint density at radius 1 is 1.64 bits per heavy atom. The molecule has 4 heteroatoms.